The molecule has 0 saturated carbocycles. The number of nitro groups is 1. The lowest BCUT2D eigenvalue weighted by Gasteiger charge is -2.35. The average Bonchev–Trinajstić information content (AvgIpc) is 2.56. The van der Waals surface area contributed by atoms with Crippen molar-refractivity contribution in [2.75, 3.05) is 31.1 Å². The van der Waals surface area contributed by atoms with Gasteiger partial charge in [0.2, 0.25) is 5.91 Å². The zero-order valence-electron chi connectivity index (χ0n) is 13.2. The standard InChI is InChI=1S/C16H23N3O3/c1-3-17(4-2)16(20)13-6-5-11-18(12-13)14-7-9-15(10-8-14)19(21)22/h7-10,13H,3-6,11-12H2,1-2H3/t13-/m0/s1. The van der Waals surface area contributed by atoms with Crippen LogP contribution in [0, 0.1) is 16.0 Å². The van der Waals surface area contributed by atoms with Crippen molar-refractivity contribution in [2.24, 2.45) is 5.92 Å². The highest BCUT2D eigenvalue weighted by Gasteiger charge is 2.28. The van der Waals surface area contributed by atoms with Crippen LogP contribution in [0.25, 0.3) is 0 Å². The van der Waals surface area contributed by atoms with E-state index in [0.29, 0.717) is 6.54 Å². The van der Waals surface area contributed by atoms with Gasteiger partial charge in [-0.1, -0.05) is 0 Å². The number of benzene rings is 1. The molecule has 1 aliphatic rings. The number of non-ortho nitro benzene ring substituents is 1. The van der Waals surface area contributed by atoms with Gasteiger partial charge in [0, 0.05) is 44.0 Å². The fourth-order valence-corrected chi connectivity index (χ4v) is 2.99. The van der Waals surface area contributed by atoms with Crippen molar-refractivity contribution in [2.45, 2.75) is 26.7 Å². The predicted molar refractivity (Wildman–Crippen MR) is 86.0 cm³/mol. The lowest BCUT2D eigenvalue weighted by atomic mass is 9.96. The maximum Gasteiger partial charge on any atom is 0.269 e. The molecule has 1 aliphatic heterocycles. The van der Waals surface area contributed by atoms with Crippen LogP contribution in [0.5, 0.6) is 0 Å². The summed E-state index contributed by atoms with van der Waals surface area (Å²) in [7, 11) is 0. The lowest BCUT2D eigenvalue weighted by molar-refractivity contribution is -0.384. The first-order valence-corrected chi connectivity index (χ1v) is 7.85. The third-order valence-corrected chi connectivity index (χ3v) is 4.27. The summed E-state index contributed by atoms with van der Waals surface area (Å²) < 4.78 is 0. The first-order chi connectivity index (χ1) is 10.6. The molecule has 6 nitrogen and oxygen atoms in total. The van der Waals surface area contributed by atoms with Crippen LogP contribution in [0.1, 0.15) is 26.7 Å². The van der Waals surface area contributed by atoms with Crippen LogP contribution in [0.4, 0.5) is 11.4 Å². The molecule has 1 amide bonds. The van der Waals surface area contributed by atoms with Crippen LogP contribution < -0.4 is 4.90 Å². The van der Waals surface area contributed by atoms with Gasteiger partial charge in [-0.3, -0.25) is 14.9 Å². The first-order valence-electron chi connectivity index (χ1n) is 7.85. The minimum atomic E-state index is -0.396. The SMILES string of the molecule is CCN(CC)C(=O)[C@H]1CCCN(c2ccc([N+](=O)[O-])cc2)C1. The van der Waals surface area contributed by atoms with Gasteiger partial charge < -0.3 is 9.80 Å². The number of carbonyl (C=O) groups is 1. The quantitative estimate of drug-likeness (QED) is 0.619. The van der Waals surface area contributed by atoms with Crippen LogP contribution in [0.3, 0.4) is 0 Å². The second-order valence-electron chi connectivity index (χ2n) is 5.57. The smallest absolute Gasteiger partial charge is 0.269 e. The molecule has 0 N–H and O–H groups in total. The van der Waals surface area contributed by atoms with Gasteiger partial charge in [-0.2, -0.15) is 0 Å². The number of piperidine rings is 1. The second kappa shape index (κ2) is 7.24. The summed E-state index contributed by atoms with van der Waals surface area (Å²) in [4.78, 5) is 26.8. The third-order valence-electron chi connectivity index (χ3n) is 4.27. The van der Waals surface area contributed by atoms with Gasteiger partial charge in [0.05, 0.1) is 10.8 Å². The highest BCUT2D eigenvalue weighted by atomic mass is 16.6. The summed E-state index contributed by atoms with van der Waals surface area (Å²) in [5.41, 5.74) is 1.04. The van der Waals surface area contributed by atoms with Gasteiger partial charge in [-0.15, -0.1) is 0 Å². The molecule has 0 aromatic heterocycles. The van der Waals surface area contributed by atoms with E-state index in [4.69, 9.17) is 0 Å². The van der Waals surface area contributed by atoms with Crippen molar-refractivity contribution in [3.05, 3.63) is 34.4 Å². The topological polar surface area (TPSA) is 66.7 Å². The van der Waals surface area contributed by atoms with E-state index in [2.05, 4.69) is 4.90 Å². The van der Waals surface area contributed by atoms with E-state index in [-0.39, 0.29) is 17.5 Å². The molecule has 0 aliphatic carbocycles. The number of hydrogen-bond acceptors (Lipinski definition) is 4. The summed E-state index contributed by atoms with van der Waals surface area (Å²) >= 11 is 0. The molecule has 0 spiro atoms. The Morgan fingerprint density at radius 1 is 1.32 bits per heavy atom. The first kappa shape index (κ1) is 16.3. The molecule has 2 rings (SSSR count). The number of anilines is 1. The number of rotatable bonds is 5. The number of hydrogen-bond donors (Lipinski definition) is 0. The van der Waals surface area contributed by atoms with Crippen LogP contribution in [0.15, 0.2) is 24.3 Å². The summed E-state index contributed by atoms with van der Waals surface area (Å²) in [5.74, 6) is 0.237. The van der Waals surface area contributed by atoms with Gasteiger partial charge in [-0.25, -0.2) is 0 Å². The van der Waals surface area contributed by atoms with Crippen LogP contribution in [-0.2, 0) is 4.79 Å². The number of carbonyl (C=O) groups excluding carboxylic acids is 1. The van der Waals surface area contributed by atoms with Gasteiger partial charge >= 0.3 is 0 Å². The Bertz CT molecular complexity index is 526. The van der Waals surface area contributed by atoms with Crippen LogP contribution in [0.2, 0.25) is 0 Å². The predicted octanol–water partition coefficient (Wildman–Crippen LogP) is 2.68. The van der Waals surface area contributed by atoms with E-state index in [1.54, 1.807) is 12.1 Å². The van der Waals surface area contributed by atoms with Gasteiger partial charge in [0.25, 0.3) is 5.69 Å². The molecule has 0 bridgehead atoms. The molecule has 6 heteroatoms. The highest BCUT2D eigenvalue weighted by molar-refractivity contribution is 5.79. The van der Waals surface area contributed by atoms with Gasteiger partial charge in [0.15, 0.2) is 0 Å². The van der Waals surface area contributed by atoms with Crippen molar-refractivity contribution in [1.82, 2.24) is 4.90 Å². The van der Waals surface area contributed by atoms with E-state index in [1.807, 2.05) is 18.7 Å². The van der Waals surface area contributed by atoms with E-state index in [0.717, 1.165) is 38.2 Å². The maximum absolute atomic E-state index is 12.5. The highest BCUT2D eigenvalue weighted by Crippen LogP contribution is 2.26. The van der Waals surface area contributed by atoms with Gasteiger partial charge in [0.1, 0.15) is 0 Å². The zero-order chi connectivity index (χ0) is 16.1. The Kier molecular flexibility index (Phi) is 5.35. The largest absolute Gasteiger partial charge is 0.371 e. The van der Waals surface area contributed by atoms with Crippen molar-refractivity contribution in [3.8, 4) is 0 Å². The molecule has 22 heavy (non-hydrogen) atoms. The number of amides is 1. The minimum Gasteiger partial charge on any atom is -0.371 e. The Balaban J connectivity index is 2.06. The zero-order valence-corrected chi connectivity index (χ0v) is 13.2. The van der Waals surface area contributed by atoms with Gasteiger partial charge in [-0.05, 0) is 38.8 Å². The summed E-state index contributed by atoms with van der Waals surface area (Å²) in [6, 6.07) is 6.57. The molecular weight excluding hydrogens is 282 g/mol. The maximum atomic E-state index is 12.5. The van der Waals surface area contributed by atoms with Crippen molar-refractivity contribution < 1.29 is 9.72 Å². The lowest BCUT2D eigenvalue weighted by Crippen LogP contribution is -2.44. The monoisotopic (exact) mass is 305 g/mol. The third kappa shape index (κ3) is 3.55. The Labute approximate surface area is 130 Å². The molecule has 1 heterocycles. The second-order valence-corrected chi connectivity index (χ2v) is 5.57. The molecule has 1 aromatic carbocycles. The fourth-order valence-electron chi connectivity index (χ4n) is 2.99. The molecule has 0 radical (unpaired) electrons. The fraction of sp³-hybridized carbons (Fsp3) is 0.562. The normalized spacial score (nSPS) is 18.1. The average molecular weight is 305 g/mol. The van der Waals surface area contributed by atoms with Crippen molar-refractivity contribution in [3.63, 3.8) is 0 Å². The summed E-state index contributed by atoms with van der Waals surface area (Å²) in [6.07, 6.45) is 1.88. The molecule has 120 valence electrons. The van der Waals surface area contributed by atoms with Crippen LogP contribution in [-0.4, -0.2) is 41.9 Å². The number of nitro benzene ring substituents is 1. The molecule has 1 fully saturated rings. The van der Waals surface area contributed by atoms with E-state index < -0.39 is 4.92 Å². The molecule has 0 unspecified atom stereocenters. The molecular formula is C16H23N3O3. The van der Waals surface area contributed by atoms with Crippen molar-refractivity contribution in [1.29, 1.82) is 0 Å². The van der Waals surface area contributed by atoms with E-state index in [9.17, 15) is 14.9 Å². The van der Waals surface area contributed by atoms with E-state index >= 15 is 0 Å². The van der Waals surface area contributed by atoms with E-state index in [1.165, 1.54) is 12.1 Å². The molecule has 1 atom stereocenters. The number of nitrogens with zero attached hydrogens (tertiary/aromatic N) is 3. The molecule has 1 saturated heterocycles. The Morgan fingerprint density at radius 3 is 2.50 bits per heavy atom. The minimum absolute atomic E-state index is 0.0174. The van der Waals surface area contributed by atoms with Crippen molar-refractivity contribution >= 4 is 17.3 Å². The van der Waals surface area contributed by atoms with Crippen LogP contribution >= 0.6 is 0 Å². The summed E-state index contributed by atoms with van der Waals surface area (Å²) in [5, 5.41) is 10.7. The summed E-state index contributed by atoms with van der Waals surface area (Å²) in [6.45, 7) is 7.05. The Morgan fingerprint density at radius 2 is 1.95 bits per heavy atom. The Hall–Kier alpha value is -2.11. The molecule has 1 aromatic rings.